The molecular weight excluding hydrogens is 452 g/mol. The van der Waals surface area contributed by atoms with Crippen molar-refractivity contribution in [1.82, 2.24) is 5.01 Å². The first kappa shape index (κ1) is 23.9. The number of aromatic hydroxyl groups is 1. The zero-order valence-electron chi connectivity index (χ0n) is 20.4. The molecule has 182 valence electrons. The maximum Gasteiger partial charge on any atom is 0.159 e. The van der Waals surface area contributed by atoms with Crippen LogP contribution in [0.1, 0.15) is 36.8 Å². The van der Waals surface area contributed by atoms with Crippen molar-refractivity contribution in [1.29, 1.82) is 0 Å². The summed E-state index contributed by atoms with van der Waals surface area (Å²) in [6.45, 7) is 2.06. The fourth-order valence-corrected chi connectivity index (χ4v) is 6.20. The van der Waals surface area contributed by atoms with Gasteiger partial charge in [0.25, 0.3) is 0 Å². The van der Waals surface area contributed by atoms with Crippen LogP contribution in [0.25, 0.3) is 10.1 Å². The van der Waals surface area contributed by atoms with E-state index in [0.29, 0.717) is 5.75 Å². The van der Waals surface area contributed by atoms with E-state index in [2.05, 4.69) is 70.0 Å². The predicted molar refractivity (Wildman–Crippen MR) is 146 cm³/mol. The molecule has 1 aromatic heterocycles. The van der Waals surface area contributed by atoms with Gasteiger partial charge in [-0.25, -0.2) is 5.01 Å². The molecule has 0 aliphatic carbocycles. The summed E-state index contributed by atoms with van der Waals surface area (Å²) in [6, 6.07) is 27.0. The van der Waals surface area contributed by atoms with Gasteiger partial charge < -0.3 is 9.84 Å². The molecule has 5 rings (SSSR count). The Morgan fingerprint density at radius 3 is 2.34 bits per heavy atom. The van der Waals surface area contributed by atoms with Crippen LogP contribution in [0.15, 0.2) is 84.2 Å². The van der Waals surface area contributed by atoms with Gasteiger partial charge in [-0.15, -0.1) is 11.3 Å². The lowest BCUT2D eigenvalue weighted by Crippen LogP contribution is -2.61. The second kappa shape index (κ2) is 10.8. The number of phenols is 1. The summed E-state index contributed by atoms with van der Waals surface area (Å²) in [5, 5.41) is 18.4. The van der Waals surface area contributed by atoms with Gasteiger partial charge in [0.15, 0.2) is 5.72 Å². The molecule has 4 nitrogen and oxygen atoms in total. The third kappa shape index (κ3) is 5.22. The summed E-state index contributed by atoms with van der Waals surface area (Å²) in [7, 11) is 1.87. The average molecular weight is 487 g/mol. The molecule has 0 spiro atoms. The van der Waals surface area contributed by atoms with Crippen molar-refractivity contribution in [3.63, 3.8) is 0 Å². The number of thiophene rings is 1. The predicted octanol–water partition coefficient (Wildman–Crippen LogP) is 7.03. The Bertz CT molecular complexity index is 1220. The number of hydrogen-bond donors (Lipinski definition) is 1. The Morgan fingerprint density at radius 2 is 1.60 bits per heavy atom. The number of methoxy groups -OCH3 is 1. The van der Waals surface area contributed by atoms with Gasteiger partial charge in [-0.05, 0) is 48.6 Å². The zero-order chi connectivity index (χ0) is 24.1. The topological polar surface area (TPSA) is 35.9 Å². The highest BCUT2D eigenvalue weighted by molar-refractivity contribution is 7.17. The standard InChI is InChI=1S/C30H34N2O2S/c1-34-30(22-25-10-4-2-5-11-25,19-18-24-14-16-26(33)17-15-24)32(31-20-8-3-9-21-31)28-23-35-29-13-7-6-12-27(28)29/h2,4-7,10-17,23,33H,3,8-9,18-22H2,1H3. The second-order valence-corrected chi connectivity index (χ2v) is 10.3. The van der Waals surface area contributed by atoms with Gasteiger partial charge in [0, 0.05) is 48.5 Å². The van der Waals surface area contributed by atoms with Crippen LogP contribution in [0.5, 0.6) is 5.75 Å². The molecule has 1 aliphatic heterocycles. The van der Waals surface area contributed by atoms with Crippen molar-refractivity contribution in [3.8, 4) is 5.75 Å². The first-order chi connectivity index (χ1) is 17.2. The largest absolute Gasteiger partial charge is 0.508 e. The third-order valence-corrected chi connectivity index (χ3v) is 8.08. The van der Waals surface area contributed by atoms with Gasteiger partial charge in [0.05, 0.1) is 5.69 Å². The molecule has 1 aliphatic rings. The van der Waals surface area contributed by atoms with Crippen molar-refractivity contribution >= 4 is 27.1 Å². The highest BCUT2D eigenvalue weighted by Gasteiger charge is 2.42. The Hall–Kier alpha value is -2.86. The number of anilines is 1. The number of phenolic OH excluding ortho intramolecular Hbond substituents is 1. The SMILES string of the molecule is COC(CCc1ccc(O)cc1)(Cc1ccccc1)N(c1csc2ccccc12)N1CCCCC1. The number of hydrogen-bond acceptors (Lipinski definition) is 5. The number of fused-ring (bicyclic) bond motifs is 1. The third-order valence-electron chi connectivity index (χ3n) is 7.13. The molecule has 5 heteroatoms. The number of piperidine rings is 1. The van der Waals surface area contributed by atoms with Crippen LogP contribution < -0.4 is 5.01 Å². The Labute approximate surface area is 212 Å². The normalized spacial score (nSPS) is 16.3. The first-order valence-electron chi connectivity index (χ1n) is 12.6. The van der Waals surface area contributed by atoms with E-state index in [1.54, 1.807) is 23.5 Å². The molecule has 1 fully saturated rings. The Kier molecular flexibility index (Phi) is 7.37. The molecule has 4 aromatic rings. The summed E-state index contributed by atoms with van der Waals surface area (Å²) >= 11 is 1.80. The van der Waals surface area contributed by atoms with E-state index in [4.69, 9.17) is 4.74 Å². The smallest absolute Gasteiger partial charge is 0.159 e. The lowest BCUT2D eigenvalue weighted by atomic mass is 9.93. The molecule has 0 radical (unpaired) electrons. The number of ether oxygens (including phenoxy) is 1. The minimum absolute atomic E-state index is 0.302. The van der Waals surface area contributed by atoms with Crippen molar-refractivity contribution in [3.05, 3.63) is 95.4 Å². The fourth-order valence-electron chi connectivity index (χ4n) is 5.28. The number of nitrogens with zero attached hydrogens (tertiary/aromatic N) is 2. The van der Waals surface area contributed by atoms with Crippen LogP contribution in [-0.4, -0.2) is 36.0 Å². The maximum atomic E-state index is 9.77. The van der Waals surface area contributed by atoms with E-state index >= 15 is 0 Å². The Morgan fingerprint density at radius 1 is 0.886 bits per heavy atom. The minimum Gasteiger partial charge on any atom is -0.508 e. The minimum atomic E-state index is -0.555. The van der Waals surface area contributed by atoms with Crippen LogP contribution in [0.3, 0.4) is 0 Å². The number of rotatable bonds is 9. The number of aryl methyl sites for hydroxylation is 1. The number of benzene rings is 3. The average Bonchev–Trinajstić information content (AvgIpc) is 3.33. The molecule has 1 atom stereocenters. The zero-order valence-corrected chi connectivity index (χ0v) is 21.2. The van der Waals surface area contributed by atoms with Crippen LogP contribution in [0, 0.1) is 0 Å². The lowest BCUT2D eigenvalue weighted by Gasteiger charge is -2.50. The summed E-state index contributed by atoms with van der Waals surface area (Å²) in [6.07, 6.45) is 6.13. The monoisotopic (exact) mass is 486 g/mol. The van der Waals surface area contributed by atoms with Crippen LogP contribution in [0.4, 0.5) is 5.69 Å². The molecule has 0 amide bonds. The summed E-state index contributed by atoms with van der Waals surface area (Å²) in [5.41, 5.74) is 3.14. The molecular formula is C30H34N2O2S. The Balaban J connectivity index is 1.60. The van der Waals surface area contributed by atoms with Gasteiger partial charge in [-0.3, -0.25) is 5.01 Å². The van der Waals surface area contributed by atoms with Crippen molar-refractivity contribution in [2.24, 2.45) is 0 Å². The van der Waals surface area contributed by atoms with Crippen molar-refractivity contribution in [2.75, 3.05) is 25.2 Å². The number of hydrazine groups is 1. The van der Waals surface area contributed by atoms with E-state index in [0.717, 1.165) is 32.4 Å². The first-order valence-corrected chi connectivity index (χ1v) is 13.4. The molecule has 3 aromatic carbocycles. The van der Waals surface area contributed by atoms with Gasteiger partial charge in [0.2, 0.25) is 0 Å². The van der Waals surface area contributed by atoms with E-state index in [-0.39, 0.29) is 0 Å². The highest BCUT2D eigenvalue weighted by Crippen LogP contribution is 2.41. The van der Waals surface area contributed by atoms with E-state index in [9.17, 15) is 5.11 Å². The summed E-state index contributed by atoms with van der Waals surface area (Å²) in [4.78, 5) is 0. The lowest BCUT2D eigenvalue weighted by molar-refractivity contribution is -0.0617. The molecule has 0 bridgehead atoms. The van der Waals surface area contributed by atoms with Crippen LogP contribution >= 0.6 is 11.3 Å². The van der Waals surface area contributed by atoms with E-state index in [1.165, 1.54) is 46.2 Å². The van der Waals surface area contributed by atoms with Gasteiger partial charge >= 0.3 is 0 Å². The summed E-state index contributed by atoms with van der Waals surface area (Å²) < 4.78 is 7.91. The molecule has 1 saturated heterocycles. The molecule has 35 heavy (non-hydrogen) atoms. The quantitative estimate of drug-likeness (QED) is 0.258. The van der Waals surface area contributed by atoms with E-state index in [1.807, 2.05) is 19.2 Å². The highest BCUT2D eigenvalue weighted by atomic mass is 32.1. The fraction of sp³-hybridized carbons (Fsp3) is 0.333. The maximum absolute atomic E-state index is 9.77. The molecule has 2 heterocycles. The van der Waals surface area contributed by atoms with Crippen molar-refractivity contribution in [2.45, 2.75) is 44.2 Å². The molecule has 1 unspecified atom stereocenters. The van der Waals surface area contributed by atoms with Gasteiger partial charge in [0.1, 0.15) is 5.75 Å². The second-order valence-electron chi connectivity index (χ2n) is 9.42. The molecule has 0 saturated carbocycles. The summed E-state index contributed by atoms with van der Waals surface area (Å²) in [5.74, 6) is 0.302. The van der Waals surface area contributed by atoms with Crippen LogP contribution in [-0.2, 0) is 17.6 Å². The molecule has 1 N–H and O–H groups in total. The van der Waals surface area contributed by atoms with E-state index < -0.39 is 5.72 Å². The van der Waals surface area contributed by atoms with Crippen molar-refractivity contribution < 1.29 is 9.84 Å². The van der Waals surface area contributed by atoms with Gasteiger partial charge in [-0.1, -0.05) is 67.1 Å². The van der Waals surface area contributed by atoms with Gasteiger partial charge in [-0.2, -0.15) is 0 Å². The van der Waals surface area contributed by atoms with Crippen LogP contribution in [0.2, 0.25) is 0 Å².